The van der Waals surface area contributed by atoms with Crippen LogP contribution in [-0.4, -0.2) is 6.54 Å². The van der Waals surface area contributed by atoms with Gasteiger partial charge in [-0.05, 0) is 73.3 Å². The first-order valence-electron chi connectivity index (χ1n) is 7.20. The second-order valence-electron chi connectivity index (χ2n) is 5.45. The second-order valence-corrected chi connectivity index (χ2v) is 5.86. The van der Waals surface area contributed by atoms with Gasteiger partial charge in [0.05, 0.1) is 6.04 Å². The van der Waals surface area contributed by atoms with E-state index in [1.807, 2.05) is 32.9 Å². The maximum Gasteiger partial charge on any atom is 0.123 e. The van der Waals surface area contributed by atoms with E-state index < -0.39 is 0 Å². The highest BCUT2D eigenvalue weighted by Crippen LogP contribution is 2.32. The number of hydrogen-bond acceptors (Lipinski definition) is 1. The molecule has 0 aliphatic heterocycles. The lowest BCUT2D eigenvalue weighted by Crippen LogP contribution is -2.23. The summed E-state index contributed by atoms with van der Waals surface area (Å²) in [6.07, 6.45) is 0. The van der Waals surface area contributed by atoms with Crippen LogP contribution in [0.5, 0.6) is 0 Å². The van der Waals surface area contributed by atoms with Gasteiger partial charge < -0.3 is 5.32 Å². The van der Waals surface area contributed by atoms with E-state index in [1.54, 1.807) is 6.07 Å². The molecule has 21 heavy (non-hydrogen) atoms. The van der Waals surface area contributed by atoms with E-state index in [0.717, 1.165) is 28.8 Å². The molecule has 0 bridgehead atoms. The number of rotatable bonds is 4. The van der Waals surface area contributed by atoms with Gasteiger partial charge in [0.2, 0.25) is 0 Å². The largest absolute Gasteiger partial charge is 0.306 e. The fraction of sp³-hybridized carbons (Fsp3) is 0.333. The summed E-state index contributed by atoms with van der Waals surface area (Å²) in [5, 5.41) is 4.14. The molecule has 1 atom stereocenters. The Morgan fingerprint density at radius 2 is 1.67 bits per heavy atom. The molecule has 0 saturated carbocycles. The number of halogens is 2. The molecule has 2 rings (SSSR count). The molecule has 0 amide bonds. The molecule has 0 aliphatic carbocycles. The van der Waals surface area contributed by atoms with E-state index in [1.165, 1.54) is 11.6 Å². The third kappa shape index (κ3) is 3.45. The molecule has 0 aromatic heterocycles. The lowest BCUT2D eigenvalue weighted by molar-refractivity contribution is 0.600. The summed E-state index contributed by atoms with van der Waals surface area (Å²) in [7, 11) is 0. The Hall–Kier alpha value is -1.38. The minimum atomic E-state index is -0.224. The first-order valence-corrected chi connectivity index (χ1v) is 7.58. The van der Waals surface area contributed by atoms with Gasteiger partial charge in [-0.1, -0.05) is 30.7 Å². The van der Waals surface area contributed by atoms with Crippen LogP contribution in [0.4, 0.5) is 4.39 Å². The first-order chi connectivity index (χ1) is 9.93. The highest BCUT2D eigenvalue weighted by Gasteiger charge is 2.19. The predicted molar refractivity (Wildman–Crippen MR) is 87.6 cm³/mol. The molecule has 0 radical (unpaired) electrons. The smallest absolute Gasteiger partial charge is 0.123 e. The zero-order valence-electron chi connectivity index (χ0n) is 12.9. The summed E-state index contributed by atoms with van der Waals surface area (Å²) in [6, 6.07) is 8.86. The van der Waals surface area contributed by atoms with Gasteiger partial charge in [0.15, 0.2) is 0 Å². The Kier molecular flexibility index (Phi) is 5.02. The van der Waals surface area contributed by atoms with E-state index in [4.69, 9.17) is 11.6 Å². The van der Waals surface area contributed by atoms with Crippen molar-refractivity contribution in [1.82, 2.24) is 5.32 Å². The number of hydrogen-bond donors (Lipinski definition) is 1. The van der Waals surface area contributed by atoms with Gasteiger partial charge in [-0.3, -0.25) is 0 Å². The number of benzene rings is 2. The van der Waals surface area contributed by atoms with Crippen molar-refractivity contribution >= 4 is 11.6 Å². The van der Waals surface area contributed by atoms with Gasteiger partial charge in [0.1, 0.15) is 5.82 Å². The third-order valence-corrected chi connectivity index (χ3v) is 4.21. The molecular weight excluding hydrogens is 285 g/mol. The van der Waals surface area contributed by atoms with Crippen molar-refractivity contribution in [3.8, 4) is 0 Å². The highest BCUT2D eigenvalue weighted by atomic mass is 35.5. The van der Waals surface area contributed by atoms with Crippen molar-refractivity contribution in [2.24, 2.45) is 0 Å². The van der Waals surface area contributed by atoms with E-state index >= 15 is 0 Å². The predicted octanol–water partition coefficient (Wildman–Crippen LogP) is 5.10. The summed E-state index contributed by atoms with van der Waals surface area (Å²) in [5.41, 5.74) is 5.33. The molecule has 0 saturated heterocycles. The average molecular weight is 306 g/mol. The Bertz CT molecular complexity index is 652. The Morgan fingerprint density at radius 1 is 1.00 bits per heavy atom. The van der Waals surface area contributed by atoms with Crippen LogP contribution in [-0.2, 0) is 0 Å². The summed E-state index contributed by atoms with van der Waals surface area (Å²) in [5.74, 6) is -0.224. The van der Waals surface area contributed by atoms with E-state index in [9.17, 15) is 4.39 Å². The molecule has 112 valence electrons. The fourth-order valence-electron chi connectivity index (χ4n) is 2.54. The van der Waals surface area contributed by atoms with Crippen molar-refractivity contribution in [3.05, 3.63) is 69.0 Å². The van der Waals surface area contributed by atoms with Crippen LogP contribution in [0.3, 0.4) is 0 Å². The molecule has 1 N–H and O–H groups in total. The van der Waals surface area contributed by atoms with E-state index in [2.05, 4.69) is 18.3 Å². The number of aryl methyl sites for hydroxylation is 3. The molecule has 3 heteroatoms. The molecule has 0 heterocycles. The Balaban J connectivity index is 2.58. The second kappa shape index (κ2) is 6.59. The average Bonchev–Trinajstić information content (AvgIpc) is 2.43. The standard InChI is InChI=1S/C18H21ClFN/c1-5-21-18(15-10-14(20)7-6-11(15)2)16-8-12(3)13(4)9-17(16)19/h6-10,18,21H,5H2,1-4H3. The van der Waals surface area contributed by atoms with Crippen LogP contribution in [0.1, 0.15) is 40.8 Å². The monoisotopic (exact) mass is 305 g/mol. The molecule has 2 aromatic carbocycles. The van der Waals surface area contributed by atoms with Crippen LogP contribution in [0.2, 0.25) is 5.02 Å². The zero-order valence-corrected chi connectivity index (χ0v) is 13.7. The molecule has 2 aromatic rings. The van der Waals surface area contributed by atoms with Gasteiger partial charge in [-0.25, -0.2) is 4.39 Å². The maximum atomic E-state index is 13.6. The van der Waals surface area contributed by atoms with Crippen LogP contribution >= 0.6 is 11.6 Å². The van der Waals surface area contributed by atoms with Crippen molar-refractivity contribution in [2.75, 3.05) is 6.54 Å². The van der Waals surface area contributed by atoms with Crippen molar-refractivity contribution in [3.63, 3.8) is 0 Å². The van der Waals surface area contributed by atoms with Crippen LogP contribution in [0, 0.1) is 26.6 Å². The van der Waals surface area contributed by atoms with Crippen molar-refractivity contribution in [1.29, 1.82) is 0 Å². The van der Waals surface area contributed by atoms with Crippen LogP contribution in [0.25, 0.3) is 0 Å². The lowest BCUT2D eigenvalue weighted by Gasteiger charge is -2.23. The minimum Gasteiger partial charge on any atom is -0.306 e. The number of nitrogens with one attached hydrogen (secondary N) is 1. The van der Waals surface area contributed by atoms with Gasteiger partial charge in [-0.15, -0.1) is 0 Å². The normalized spacial score (nSPS) is 12.5. The molecule has 0 spiro atoms. The molecular formula is C18H21ClFN. The summed E-state index contributed by atoms with van der Waals surface area (Å²) < 4.78 is 13.6. The molecule has 1 nitrogen and oxygen atoms in total. The summed E-state index contributed by atoms with van der Waals surface area (Å²) in [4.78, 5) is 0. The van der Waals surface area contributed by atoms with Crippen LogP contribution < -0.4 is 5.32 Å². The molecule has 0 fully saturated rings. The first kappa shape index (κ1) is 16.0. The Labute approximate surface area is 131 Å². The van der Waals surface area contributed by atoms with E-state index in [0.29, 0.717) is 5.02 Å². The zero-order chi connectivity index (χ0) is 15.6. The molecule has 1 unspecified atom stereocenters. The van der Waals surface area contributed by atoms with Gasteiger partial charge in [0.25, 0.3) is 0 Å². The Morgan fingerprint density at radius 3 is 2.33 bits per heavy atom. The maximum absolute atomic E-state index is 13.6. The third-order valence-electron chi connectivity index (χ3n) is 3.88. The summed E-state index contributed by atoms with van der Waals surface area (Å²) >= 11 is 6.44. The van der Waals surface area contributed by atoms with E-state index in [-0.39, 0.29) is 11.9 Å². The topological polar surface area (TPSA) is 12.0 Å². The quantitative estimate of drug-likeness (QED) is 0.828. The highest BCUT2D eigenvalue weighted by molar-refractivity contribution is 6.31. The van der Waals surface area contributed by atoms with Gasteiger partial charge >= 0.3 is 0 Å². The van der Waals surface area contributed by atoms with Gasteiger partial charge in [-0.2, -0.15) is 0 Å². The van der Waals surface area contributed by atoms with Gasteiger partial charge in [0, 0.05) is 5.02 Å². The van der Waals surface area contributed by atoms with Crippen molar-refractivity contribution < 1.29 is 4.39 Å². The SMILES string of the molecule is CCNC(c1cc(F)ccc1C)c1cc(C)c(C)cc1Cl. The lowest BCUT2D eigenvalue weighted by atomic mass is 9.92. The van der Waals surface area contributed by atoms with Crippen molar-refractivity contribution in [2.45, 2.75) is 33.7 Å². The van der Waals surface area contributed by atoms with Crippen LogP contribution in [0.15, 0.2) is 30.3 Å². The molecule has 0 aliphatic rings. The minimum absolute atomic E-state index is 0.0995. The summed E-state index contributed by atoms with van der Waals surface area (Å²) in [6.45, 7) is 8.92. The fourth-order valence-corrected chi connectivity index (χ4v) is 2.87.